The summed E-state index contributed by atoms with van der Waals surface area (Å²) in [5, 5.41) is 3.94. The second kappa shape index (κ2) is 9.89. The molecule has 3 aromatic rings. The maximum Gasteiger partial charge on any atom is 0.434 e. The number of methoxy groups -OCH3 is 1. The lowest BCUT2D eigenvalue weighted by molar-refractivity contribution is -0.143. The van der Waals surface area contributed by atoms with Crippen LogP contribution in [0.5, 0.6) is 5.75 Å². The molecular formula is C25H27F3N4O2. The third kappa shape index (κ3) is 5.25. The van der Waals surface area contributed by atoms with Gasteiger partial charge in [0, 0.05) is 32.7 Å². The fraction of sp³-hybridized carbons (Fsp3) is 0.360. The molecule has 4 rings (SSSR count). The van der Waals surface area contributed by atoms with Gasteiger partial charge in [0.05, 0.1) is 24.6 Å². The predicted molar refractivity (Wildman–Crippen MR) is 122 cm³/mol. The van der Waals surface area contributed by atoms with Gasteiger partial charge in [-0.05, 0) is 43.2 Å². The van der Waals surface area contributed by atoms with Crippen LogP contribution in [0.1, 0.15) is 33.6 Å². The lowest BCUT2D eigenvalue weighted by Gasteiger charge is -2.22. The molecule has 6 nitrogen and oxygen atoms in total. The van der Waals surface area contributed by atoms with Crippen molar-refractivity contribution < 1.29 is 22.7 Å². The van der Waals surface area contributed by atoms with E-state index >= 15 is 0 Å². The minimum Gasteiger partial charge on any atom is -0.497 e. The van der Waals surface area contributed by atoms with Crippen molar-refractivity contribution >= 4 is 5.91 Å². The molecule has 0 radical (unpaired) electrons. The minimum atomic E-state index is -4.72. The summed E-state index contributed by atoms with van der Waals surface area (Å²) in [4.78, 5) is 16.9. The van der Waals surface area contributed by atoms with Crippen LogP contribution in [-0.4, -0.2) is 58.8 Å². The Labute approximate surface area is 196 Å². The lowest BCUT2D eigenvalue weighted by atomic mass is 10.2. The maximum absolute atomic E-state index is 14.0. The second-order valence-electron chi connectivity index (χ2n) is 8.42. The summed E-state index contributed by atoms with van der Waals surface area (Å²) >= 11 is 0. The summed E-state index contributed by atoms with van der Waals surface area (Å²) in [6, 6.07) is 14.3. The Bertz CT molecular complexity index is 1120. The molecule has 1 saturated heterocycles. The minimum absolute atomic E-state index is 0.263. The Morgan fingerprint density at radius 2 is 1.71 bits per heavy atom. The van der Waals surface area contributed by atoms with Crippen LogP contribution >= 0.6 is 0 Å². The van der Waals surface area contributed by atoms with Crippen molar-refractivity contribution in [3.05, 3.63) is 77.1 Å². The molecule has 0 atom stereocenters. The van der Waals surface area contributed by atoms with E-state index in [0.29, 0.717) is 32.6 Å². The number of benzene rings is 2. The van der Waals surface area contributed by atoms with Crippen LogP contribution in [-0.2, 0) is 12.7 Å². The zero-order valence-electron chi connectivity index (χ0n) is 19.2. The highest BCUT2D eigenvalue weighted by atomic mass is 19.4. The van der Waals surface area contributed by atoms with E-state index in [-0.39, 0.29) is 5.69 Å². The molecule has 180 valence electrons. The van der Waals surface area contributed by atoms with E-state index in [1.165, 1.54) is 4.90 Å². The molecule has 0 N–H and O–H groups in total. The molecule has 2 aromatic carbocycles. The highest BCUT2D eigenvalue weighted by Gasteiger charge is 2.41. The van der Waals surface area contributed by atoms with Gasteiger partial charge in [0.15, 0.2) is 5.69 Å². The Morgan fingerprint density at radius 3 is 2.35 bits per heavy atom. The Morgan fingerprint density at radius 1 is 1.00 bits per heavy atom. The molecule has 1 aliphatic heterocycles. The average molecular weight is 473 g/mol. The van der Waals surface area contributed by atoms with Gasteiger partial charge < -0.3 is 9.64 Å². The number of rotatable bonds is 5. The van der Waals surface area contributed by atoms with E-state index in [9.17, 15) is 18.0 Å². The fourth-order valence-electron chi connectivity index (χ4n) is 4.15. The molecule has 0 aliphatic carbocycles. The van der Waals surface area contributed by atoms with Crippen LogP contribution in [0.4, 0.5) is 13.2 Å². The van der Waals surface area contributed by atoms with Gasteiger partial charge in [-0.3, -0.25) is 9.69 Å². The number of aryl methyl sites for hydroxylation is 1. The quantitative estimate of drug-likeness (QED) is 0.547. The van der Waals surface area contributed by atoms with Crippen molar-refractivity contribution in [2.45, 2.75) is 26.1 Å². The fourth-order valence-corrected chi connectivity index (χ4v) is 4.15. The molecule has 1 amide bonds. The summed E-state index contributed by atoms with van der Waals surface area (Å²) in [5.74, 6) is 0.139. The number of alkyl halides is 3. The van der Waals surface area contributed by atoms with E-state index < -0.39 is 23.3 Å². The first kappa shape index (κ1) is 23.8. The largest absolute Gasteiger partial charge is 0.497 e. The molecule has 0 unspecified atom stereocenters. The number of nitrogens with zero attached hydrogens (tertiary/aromatic N) is 4. The highest BCUT2D eigenvalue weighted by molar-refractivity contribution is 5.95. The first-order valence-electron chi connectivity index (χ1n) is 11.1. The molecular weight excluding hydrogens is 445 g/mol. The monoisotopic (exact) mass is 472 g/mol. The van der Waals surface area contributed by atoms with E-state index in [4.69, 9.17) is 4.74 Å². The first-order chi connectivity index (χ1) is 16.3. The number of carbonyl (C=O) groups is 1. The molecule has 1 aromatic heterocycles. The number of hydrogen-bond donors (Lipinski definition) is 0. The second-order valence-corrected chi connectivity index (χ2v) is 8.42. The molecule has 34 heavy (non-hydrogen) atoms. The SMILES string of the molecule is COc1ccc(CN2CCCN(C(=O)c3cnn(-c4ccc(C)cc4)c3C(F)(F)F)CC2)cc1. The zero-order valence-corrected chi connectivity index (χ0v) is 19.2. The summed E-state index contributed by atoms with van der Waals surface area (Å²) in [6.45, 7) is 4.62. The van der Waals surface area contributed by atoms with E-state index in [1.54, 1.807) is 31.4 Å². The predicted octanol–water partition coefficient (Wildman–Crippen LogP) is 4.56. The van der Waals surface area contributed by atoms with Gasteiger partial charge >= 0.3 is 6.18 Å². The number of amides is 1. The third-order valence-electron chi connectivity index (χ3n) is 5.99. The standard InChI is InChI=1S/C25H27F3N4O2/c1-18-4-8-20(9-5-18)32-23(25(26,27)28)22(16-29-32)24(33)31-13-3-12-30(14-15-31)17-19-6-10-21(34-2)11-7-19/h4-11,16H,3,12-15,17H2,1-2H3. The maximum atomic E-state index is 14.0. The zero-order chi connectivity index (χ0) is 24.3. The third-order valence-corrected chi connectivity index (χ3v) is 5.99. The highest BCUT2D eigenvalue weighted by Crippen LogP contribution is 2.34. The summed E-state index contributed by atoms with van der Waals surface area (Å²) in [5.41, 5.74) is 0.833. The lowest BCUT2D eigenvalue weighted by Crippen LogP contribution is -2.36. The van der Waals surface area contributed by atoms with Crippen molar-refractivity contribution in [3.63, 3.8) is 0 Å². The Balaban J connectivity index is 1.50. The average Bonchev–Trinajstić information content (AvgIpc) is 3.15. The molecule has 2 heterocycles. The van der Waals surface area contributed by atoms with Crippen molar-refractivity contribution in [1.82, 2.24) is 19.6 Å². The first-order valence-corrected chi connectivity index (χ1v) is 11.1. The molecule has 0 bridgehead atoms. The van der Waals surface area contributed by atoms with Crippen LogP contribution in [0.3, 0.4) is 0 Å². The van der Waals surface area contributed by atoms with E-state index in [1.807, 2.05) is 31.2 Å². The number of aromatic nitrogens is 2. The molecule has 1 fully saturated rings. The van der Waals surface area contributed by atoms with Crippen LogP contribution in [0.25, 0.3) is 5.69 Å². The van der Waals surface area contributed by atoms with Crippen molar-refractivity contribution in [2.24, 2.45) is 0 Å². The molecule has 0 spiro atoms. The van der Waals surface area contributed by atoms with Crippen molar-refractivity contribution in [1.29, 1.82) is 0 Å². The van der Waals surface area contributed by atoms with Gasteiger partial charge in [0.25, 0.3) is 5.91 Å². The van der Waals surface area contributed by atoms with Crippen molar-refractivity contribution in [2.75, 3.05) is 33.3 Å². The normalized spacial score (nSPS) is 15.3. The van der Waals surface area contributed by atoms with Crippen LogP contribution < -0.4 is 4.74 Å². The van der Waals surface area contributed by atoms with Crippen LogP contribution in [0, 0.1) is 6.92 Å². The topological polar surface area (TPSA) is 50.6 Å². The van der Waals surface area contributed by atoms with Gasteiger partial charge in [-0.1, -0.05) is 29.8 Å². The van der Waals surface area contributed by atoms with Gasteiger partial charge in [-0.25, -0.2) is 4.68 Å². The molecule has 9 heteroatoms. The number of hydrogen-bond acceptors (Lipinski definition) is 4. The van der Waals surface area contributed by atoms with Crippen LogP contribution in [0.15, 0.2) is 54.7 Å². The van der Waals surface area contributed by atoms with Gasteiger partial charge in [0.1, 0.15) is 5.75 Å². The van der Waals surface area contributed by atoms with E-state index in [2.05, 4.69) is 10.00 Å². The molecule has 1 aliphatic rings. The van der Waals surface area contributed by atoms with Crippen molar-refractivity contribution in [3.8, 4) is 11.4 Å². The molecule has 0 saturated carbocycles. The van der Waals surface area contributed by atoms with Gasteiger partial charge in [-0.15, -0.1) is 0 Å². The van der Waals surface area contributed by atoms with Crippen LogP contribution in [0.2, 0.25) is 0 Å². The summed E-state index contributed by atoms with van der Waals surface area (Å²) in [7, 11) is 1.62. The number of carbonyl (C=O) groups excluding carboxylic acids is 1. The van der Waals surface area contributed by atoms with Gasteiger partial charge in [0.2, 0.25) is 0 Å². The Kier molecular flexibility index (Phi) is 6.92. The number of ether oxygens (including phenoxy) is 1. The smallest absolute Gasteiger partial charge is 0.434 e. The summed E-state index contributed by atoms with van der Waals surface area (Å²) in [6.07, 6.45) is -3.01. The van der Waals surface area contributed by atoms with Gasteiger partial charge in [-0.2, -0.15) is 18.3 Å². The van der Waals surface area contributed by atoms with E-state index in [0.717, 1.165) is 34.3 Å². The summed E-state index contributed by atoms with van der Waals surface area (Å²) < 4.78 is 48.1. The Hall–Kier alpha value is -3.33. The number of halogens is 3.